The minimum absolute atomic E-state index is 0.452. The summed E-state index contributed by atoms with van der Waals surface area (Å²) in [5, 5.41) is 3.48. The Bertz CT molecular complexity index is 620. The summed E-state index contributed by atoms with van der Waals surface area (Å²) >= 11 is 3.59. The van der Waals surface area contributed by atoms with Crippen LogP contribution in [0.5, 0.6) is 11.5 Å². The molecule has 0 aliphatic heterocycles. The molecule has 1 atom stereocenters. The Balaban J connectivity index is 2.10. The third-order valence-electron chi connectivity index (χ3n) is 3.66. The predicted octanol–water partition coefficient (Wildman–Crippen LogP) is 4.32. The van der Waals surface area contributed by atoms with E-state index in [0.717, 1.165) is 34.3 Å². The van der Waals surface area contributed by atoms with Gasteiger partial charge < -0.3 is 14.8 Å². The first-order valence-corrected chi connectivity index (χ1v) is 8.54. The molecule has 0 spiro atoms. The highest BCUT2D eigenvalue weighted by molar-refractivity contribution is 9.10. The van der Waals surface area contributed by atoms with Gasteiger partial charge in [-0.2, -0.15) is 0 Å². The first-order valence-electron chi connectivity index (χ1n) is 7.75. The summed E-state index contributed by atoms with van der Waals surface area (Å²) in [6.45, 7) is 5.60. The molecule has 1 N–H and O–H groups in total. The van der Waals surface area contributed by atoms with Gasteiger partial charge in [0.25, 0.3) is 0 Å². The van der Waals surface area contributed by atoms with Gasteiger partial charge in [-0.25, -0.2) is 0 Å². The molecule has 1 heterocycles. The Morgan fingerprint density at radius 1 is 1.30 bits per heavy atom. The van der Waals surface area contributed by atoms with Crippen LogP contribution in [0.15, 0.2) is 41.1 Å². The lowest BCUT2D eigenvalue weighted by Crippen LogP contribution is -2.24. The predicted molar refractivity (Wildman–Crippen MR) is 95.9 cm³/mol. The second-order valence-electron chi connectivity index (χ2n) is 5.45. The Labute approximate surface area is 146 Å². The van der Waals surface area contributed by atoms with Gasteiger partial charge in [0.05, 0.1) is 11.6 Å². The molecule has 0 fully saturated rings. The fourth-order valence-electron chi connectivity index (χ4n) is 2.09. The lowest BCUT2D eigenvalue weighted by molar-refractivity contribution is 0.282. The second-order valence-corrected chi connectivity index (χ2v) is 6.30. The average molecular weight is 379 g/mol. The van der Waals surface area contributed by atoms with Gasteiger partial charge >= 0.3 is 0 Å². The summed E-state index contributed by atoms with van der Waals surface area (Å²) in [6.07, 6.45) is 4.65. The van der Waals surface area contributed by atoms with Crippen LogP contribution in [-0.2, 0) is 13.2 Å². The number of nitrogens with one attached hydrogen (secondary N) is 1. The molecule has 0 aliphatic carbocycles. The molecule has 2 rings (SSSR count). The average Bonchev–Trinajstić information content (AvgIpc) is 2.59. The van der Waals surface area contributed by atoms with E-state index in [4.69, 9.17) is 9.47 Å². The van der Waals surface area contributed by atoms with Crippen LogP contribution in [0.1, 0.15) is 31.4 Å². The van der Waals surface area contributed by atoms with Gasteiger partial charge in [-0.1, -0.05) is 13.0 Å². The summed E-state index contributed by atoms with van der Waals surface area (Å²) in [7, 11) is 1.66. The molecule has 0 radical (unpaired) electrons. The quantitative estimate of drug-likeness (QED) is 0.742. The molecule has 0 bridgehead atoms. The van der Waals surface area contributed by atoms with Crippen molar-refractivity contribution in [3.8, 4) is 11.5 Å². The van der Waals surface area contributed by atoms with Crippen molar-refractivity contribution in [2.75, 3.05) is 7.11 Å². The van der Waals surface area contributed by atoms with Gasteiger partial charge in [0.1, 0.15) is 6.61 Å². The van der Waals surface area contributed by atoms with E-state index < -0.39 is 0 Å². The van der Waals surface area contributed by atoms with Crippen molar-refractivity contribution in [1.82, 2.24) is 10.3 Å². The first-order chi connectivity index (χ1) is 11.1. The van der Waals surface area contributed by atoms with Crippen LogP contribution in [0.3, 0.4) is 0 Å². The Hall–Kier alpha value is -1.59. The van der Waals surface area contributed by atoms with Crippen LogP contribution in [0.25, 0.3) is 0 Å². The van der Waals surface area contributed by atoms with Crippen molar-refractivity contribution < 1.29 is 9.47 Å². The molecule has 0 saturated heterocycles. The number of aromatic nitrogens is 1. The number of nitrogens with zero attached hydrogens (tertiary/aromatic N) is 1. The minimum Gasteiger partial charge on any atom is -0.493 e. The fourth-order valence-corrected chi connectivity index (χ4v) is 2.69. The molecule has 4 nitrogen and oxygen atoms in total. The van der Waals surface area contributed by atoms with E-state index in [1.165, 1.54) is 0 Å². The highest BCUT2D eigenvalue weighted by atomic mass is 79.9. The summed E-state index contributed by atoms with van der Waals surface area (Å²) in [4.78, 5) is 4.09. The molecule has 1 aromatic heterocycles. The Morgan fingerprint density at radius 2 is 2.13 bits per heavy atom. The van der Waals surface area contributed by atoms with Gasteiger partial charge in [-0.05, 0) is 53.0 Å². The standard InChI is InChI=1S/C18H23BrN2O2/c1-4-13(2)21-11-15-8-16(19)18(17(9-15)22-3)23-12-14-6-5-7-20-10-14/h5-10,13,21H,4,11-12H2,1-3H3/t13-/m1/s1. The third kappa shape index (κ3) is 5.22. The molecule has 0 amide bonds. The second kappa shape index (κ2) is 8.89. The molecule has 23 heavy (non-hydrogen) atoms. The molecule has 0 aliphatic rings. The van der Waals surface area contributed by atoms with Gasteiger partial charge in [0, 0.05) is 30.5 Å². The number of halogens is 1. The molecular weight excluding hydrogens is 356 g/mol. The SMILES string of the molecule is CC[C@@H](C)NCc1cc(Br)c(OCc2cccnc2)c(OC)c1. The number of hydrogen-bond acceptors (Lipinski definition) is 4. The van der Waals surface area contributed by atoms with Crippen LogP contribution in [0.2, 0.25) is 0 Å². The lowest BCUT2D eigenvalue weighted by Gasteiger charge is -2.16. The topological polar surface area (TPSA) is 43.4 Å². The number of hydrogen-bond donors (Lipinski definition) is 1. The van der Waals surface area contributed by atoms with Crippen molar-refractivity contribution in [1.29, 1.82) is 0 Å². The van der Waals surface area contributed by atoms with Gasteiger partial charge in [-0.15, -0.1) is 0 Å². The molecular formula is C18H23BrN2O2. The fraction of sp³-hybridized carbons (Fsp3) is 0.389. The van der Waals surface area contributed by atoms with Gasteiger partial charge in [-0.3, -0.25) is 4.98 Å². The monoisotopic (exact) mass is 378 g/mol. The van der Waals surface area contributed by atoms with Crippen LogP contribution in [0.4, 0.5) is 0 Å². The van der Waals surface area contributed by atoms with E-state index in [2.05, 4.69) is 46.1 Å². The summed E-state index contributed by atoms with van der Waals surface area (Å²) < 4.78 is 12.3. The van der Waals surface area contributed by atoms with E-state index in [1.54, 1.807) is 19.5 Å². The maximum Gasteiger partial charge on any atom is 0.175 e. The van der Waals surface area contributed by atoms with Crippen LogP contribution >= 0.6 is 15.9 Å². The Morgan fingerprint density at radius 3 is 2.78 bits per heavy atom. The number of rotatable bonds is 8. The molecule has 124 valence electrons. The molecule has 2 aromatic rings. The van der Waals surface area contributed by atoms with Gasteiger partial charge in [0.15, 0.2) is 11.5 Å². The highest BCUT2D eigenvalue weighted by Gasteiger charge is 2.12. The summed E-state index contributed by atoms with van der Waals surface area (Å²) in [5.41, 5.74) is 2.17. The van der Waals surface area contributed by atoms with E-state index in [1.807, 2.05) is 18.2 Å². The number of benzene rings is 1. The van der Waals surface area contributed by atoms with Crippen LogP contribution in [-0.4, -0.2) is 18.1 Å². The Kier molecular flexibility index (Phi) is 6.86. The van der Waals surface area contributed by atoms with Crippen LogP contribution < -0.4 is 14.8 Å². The number of pyridine rings is 1. The minimum atomic E-state index is 0.452. The van der Waals surface area contributed by atoms with Crippen molar-refractivity contribution in [2.24, 2.45) is 0 Å². The molecule has 0 saturated carbocycles. The normalized spacial score (nSPS) is 12.0. The van der Waals surface area contributed by atoms with Crippen molar-refractivity contribution >= 4 is 15.9 Å². The third-order valence-corrected chi connectivity index (χ3v) is 4.25. The largest absolute Gasteiger partial charge is 0.493 e. The van der Waals surface area contributed by atoms with E-state index in [0.29, 0.717) is 18.4 Å². The molecule has 1 aromatic carbocycles. The van der Waals surface area contributed by atoms with Crippen molar-refractivity contribution in [3.63, 3.8) is 0 Å². The number of ether oxygens (including phenoxy) is 2. The van der Waals surface area contributed by atoms with Crippen molar-refractivity contribution in [3.05, 3.63) is 52.3 Å². The highest BCUT2D eigenvalue weighted by Crippen LogP contribution is 2.37. The van der Waals surface area contributed by atoms with Gasteiger partial charge in [0.2, 0.25) is 0 Å². The first kappa shape index (κ1) is 17.8. The summed E-state index contributed by atoms with van der Waals surface area (Å²) in [5.74, 6) is 1.44. The molecule has 0 unspecified atom stereocenters. The smallest absolute Gasteiger partial charge is 0.175 e. The number of methoxy groups -OCH3 is 1. The summed E-state index contributed by atoms with van der Waals surface area (Å²) in [6, 6.07) is 8.45. The zero-order chi connectivity index (χ0) is 16.7. The maximum absolute atomic E-state index is 5.91. The molecule has 5 heteroatoms. The lowest BCUT2D eigenvalue weighted by atomic mass is 10.1. The van der Waals surface area contributed by atoms with E-state index in [9.17, 15) is 0 Å². The van der Waals surface area contributed by atoms with E-state index >= 15 is 0 Å². The zero-order valence-corrected chi connectivity index (χ0v) is 15.4. The maximum atomic E-state index is 5.91. The van der Waals surface area contributed by atoms with Crippen molar-refractivity contribution in [2.45, 2.75) is 39.5 Å². The zero-order valence-electron chi connectivity index (χ0n) is 13.8. The van der Waals surface area contributed by atoms with E-state index in [-0.39, 0.29) is 0 Å². The van der Waals surface area contributed by atoms with Crippen LogP contribution in [0, 0.1) is 0 Å².